The van der Waals surface area contributed by atoms with Crippen LogP contribution in [0.25, 0.3) is 0 Å². The van der Waals surface area contributed by atoms with E-state index in [9.17, 15) is 13.2 Å². The number of nitrogens with two attached hydrogens (primary N) is 1. The third-order valence-corrected chi connectivity index (χ3v) is 3.96. The van der Waals surface area contributed by atoms with Crippen LogP contribution in [-0.2, 0) is 20.6 Å². The fourth-order valence-electron chi connectivity index (χ4n) is 2.19. The first-order valence-corrected chi connectivity index (χ1v) is 8.21. The number of carbonyl (C=O) groups excluding carboxylic acids is 1. The lowest BCUT2D eigenvalue weighted by molar-refractivity contribution is -0.120. The van der Waals surface area contributed by atoms with Gasteiger partial charge in [0.25, 0.3) is 0 Å². The van der Waals surface area contributed by atoms with Gasteiger partial charge in [0.2, 0.25) is 15.9 Å². The normalized spacial score (nSPS) is 18.8. The van der Waals surface area contributed by atoms with Gasteiger partial charge >= 0.3 is 0 Å². The van der Waals surface area contributed by atoms with E-state index in [1.807, 2.05) is 6.08 Å². The number of sulfonamides is 1. The van der Waals surface area contributed by atoms with E-state index < -0.39 is 10.0 Å². The van der Waals surface area contributed by atoms with Gasteiger partial charge in [-0.05, 0) is 37.0 Å². The number of hydrogen-bond acceptors (Lipinski definition) is 3. The number of anilines is 1. The molecule has 0 unspecified atom stereocenters. The van der Waals surface area contributed by atoms with E-state index in [1.54, 1.807) is 24.3 Å². The zero-order valence-corrected chi connectivity index (χ0v) is 11.9. The molecule has 2 rings (SSSR count). The minimum atomic E-state index is -3.53. The second kappa shape index (κ2) is 6.19. The lowest BCUT2D eigenvalue weighted by Crippen LogP contribution is -2.23. The quantitative estimate of drug-likeness (QED) is 0.829. The summed E-state index contributed by atoms with van der Waals surface area (Å²) in [6.45, 7) is 0. The van der Waals surface area contributed by atoms with E-state index in [2.05, 4.69) is 11.4 Å². The van der Waals surface area contributed by atoms with E-state index >= 15 is 0 Å². The van der Waals surface area contributed by atoms with Crippen molar-refractivity contribution in [2.24, 2.45) is 11.1 Å². The number of hydrogen-bond donors (Lipinski definition) is 2. The lowest BCUT2D eigenvalue weighted by atomic mass is 9.93. The molecule has 108 valence electrons. The molecule has 1 aromatic rings. The van der Waals surface area contributed by atoms with Crippen molar-refractivity contribution in [1.29, 1.82) is 0 Å². The van der Waals surface area contributed by atoms with Crippen molar-refractivity contribution in [2.75, 3.05) is 5.32 Å². The standard InChI is InChI=1S/C14H18N2O3S/c15-20(18,19)10-11-6-8-13(9-7-11)16-14(17)12-4-2-1-3-5-12/h1-2,6-9,12H,3-5,10H2,(H,16,17)(H2,15,18,19)/t12-/m1/s1. The summed E-state index contributed by atoms with van der Waals surface area (Å²) < 4.78 is 21.9. The first-order valence-electron chi connectivity index (χ1n) is 6.49. The summed E-state index contributed by atoms with van der Waals surface area (Å²) in [5, 5.41) is 7.83. The first-order chi connectivity index (χ1) is 9.44. The van der Waals surface area contributed by atoms with Gasteiger partial charge in [-0.25, -0.2) is 13.6 Å². The highest BCUT2D eigenvalue weighted by molar-refractivity contribution is 7.88. The van der Waals surface area contributed by atoms with Gasteiger partial charge in [0.05, 0.1) is 5.75 Å². The minimum Gasteiger partial charge on any atom is -0.326 e. The van der Waals surface area contributed by atoms with Crippen LogP contribution in [0.3, 0.4) is 0 Å². The number of primary sulfonamides is 1. The largest absolute Gasteiger partial charge is 0.326 e. The summed E-state index contributed by atoms with van der Waals surface area (Å²) in [6.07, 6.45) is 6.70. The summed E-state index contributed by atoms with van der Waals surface area (Å²) in [7, 11) is -3.53. The zero-order valence-electron chi connectivity index (χ0n) is 11.1. The summed E-state index contributed by atoms with van der Waals surface area (Å²) in [5.41, 5.74) is 1.27. The maximum Gasteiger partial charge on any atom is 0.227 e. The molecular weight excluding hydrogens is 276 g/mol. The van der Waals surface area contributed by atoms with Crippen molar-refractivity contribution in [3.63, 3.8) is 0 Å². The second-order valence-electron chi connectivity index (χ2n) is 4.97. The molecule has 3 N–H and O–H groups in total. The molecule has 0 saturated carbocycles. The molecule has 0 heterocycles. The van der Waals surface area contributed by atoms with Crippen molar-refractivity contribution in [3.8, 4) is 0 Å². The van der Waals surface area contributed by atoms with Crippen LogP contribution in [0.4, 0.5) is 5.69 Å². The monoisotopic (exact) mass is 294 g/mol. The van der Waals surface area contributed by atoms with Gasteiger partial charge in [-0.3, -0.25) is 4.79 Å². The van der Waals surface area contributed by atoms with E-state index in [-0.39, 0.29) is 17.6 Å². The average molecular weight is 294 g/mol. The Balaban J connectivity index is 1.96. The van der Waals surface area contributed by atoms with Crippen molar-refractivity contribution < 1.29 is 13.2 Å². The van der Waals surface area contributed by atoms with Crippen LogP contribution in [0.5, 0.6) is 0 Å². The van der Waals surface area contributed by atoms with Crippen LogP contribution in [0.15, 0.2) is 36.4 Å². The number of carbonyl (C=O) groups is 1. The lowest BCUT2D eigenvalue weighted by Gasteiger charge is -2.17. The molecule has 6 heteroatoms. The summed E-state index contributed by atoms with van der Waals surface area (Å²) >= 11 is 0. The molecule has 5 nitrogen and oxygen atoms in total. The van der Waals surface area contributed by atoms with Crippen molar-refractivity contribution in [2.45, 2.75) is 25.0 Å². The fraction of sp³-hybridized carbons (Fsp3) is 0.357. The maximum absolute atomic E-state index is 12.0. The Kier molecular flexibility index (Phi) is 4.57. The maximum atomic E-state index is 12.0. The molecule has 1 aliphatic carbocycles. The molecular formula is C14H18N2O3S. The fourth-order valence-corrected chi connectivity index (χ4v) is 2.85. The highest BCUT2D eigenvalue weighted by Crippen LogP contribution is 2.20. The molecule has 1 aliphatic rings. The molecule has 0 aromatic heterocycles. The van der Waals surface area contributed by atoms with Gasteiger partial charge in [-0.1, -0.05) is 24.3 Å². The number of benzene rings is 1. The summed E-state index contributed by atoms with van der Waals surface area (Å²) in [5.74, 6) is -0.174. The number of amides is 1. The smallest absolute Gasteiger partial charge is 0.227 e. The Bertz CT molecular complexity index is 606. The van der Waals surface area contributed by atoms with Gasteiger partial charge in [0.15, 0.2) is 0 Å². The third-order valence-electron chi connectivity index (χ3n) is 3.23. The highest BCUT2D eigenvalue weighted by Gasteiger charge is 2.18. The van der Waals surface area contributed by atoms with E-state index in [0.717, 1.165) is 19.3 Å². The molecule has 0 fully saturated rings. The van der Waals surface area contributed by atoms with Crippen LogP contribution in [0.1, 0.15) is 24.8 Å². The number of allylic oxidation sites excluding steroid dienone is 2. The first kappa shape index (κ1) is 14.7. The van der Waals surface area contributed by atoms with E-state index in [4.69, 9.17) is 5.14 Å². The van der Waals surface area contributed by atoms with Crippen molar-refractivity contribution in [3.05, 3.63) is 42.0 Å². The molecule has 0 aliphatic heterocycles. The Morgan fingerprint density at radius 2 is 1.95 bits per heavy atom. The number of nitrogens with one attached hydrogen (secondary N) is 1. The Hall–Kier alpha value is -1.66. The molecule has 0 bridgehead atoms. The topological polar surface area (TPSA) is 89.3 Å². The zero-order chi connectivity index (χ0) is 14.6. The van der Waals surface area contributed by atoms with Gasteiger partial charge in [-0.2, -0.15) is 0 Å². The number of rotatable bonds is 4. The van der Waals surface area contributed by atoms with Crippen LogP contribution in [0, 0.1) is 5.92 Å². The minimum absolute atomic E-state index is 0.00791. The Morgan fingerprint density at radius 1 is 1.25 bits per heavy atom. The molecule has 1 amide bonds. The van der Waals surface area contributed by atoms with Crippen LogP contribution in [-0.4, -0.2) is 14.3 Å². The summed E-state index contributed by atoms with van der Waals surface area (Å²) in [4.78, 5) is 12.0. The Morgan fingerprint density at radius 3 is 2.50 bits per heavy atom. The van der Waals surface area contributed by atoms with Crippen molar-refractivity contribution in [1.82, 2.24) is 0 Å². The van der Waals surface area contributed by atoms with Crippen LogP contribution < -0.4 is 10.5 Å². The van der Waals surface area contributed by atoms with Crippen molar-refractivity contribution >= 4 is 21.6 Å². The van der Waals surface area contributed by atoms with Gasteiger partial charge in [-0.15, -0.1) is 0 Å². The predicted molar refractivity (Wildman–Crippen MR) is 78.4 cm³/mol. The second-order valence-corrected chi connectivity index (χ2v) is 6.59. The molecule has 0 radical (unpaired) electrons. The van der Waals surface area contributed by atoms with Crippen LogP contribution >= 0.6 is 0 Å². The van der Waals surface area contributed by atoms with E-state index in [1.165, 1.54) is 0 Å². The molecule has 0 saturated heterocycles. The molecule has 1 atom stereocenters. The van der Waals surface area contributed by atoms with Gasteiger partial charge in [0, 0.05) is 11.6 Å². The molecule has 1 aromatic carbocycles. The predicted octanol–water partition coefficient (Wildman–Crippen LogP) is 1.77. The van der Waals surface area contributed by atoms with Gasteiger partial charge in [0.1, 0.15) is 0 Å². The molecule has 0 spiro atoms. The summed E-state index contributed by atoms with van der Waals surface area (Å²) in [6, 6.07) is 6.69. The SMILES string of the molecule is NS(=O)(=O)Cc1ccc(NC(=O)[C@@H]2CC=CCC2)cc1. The average Bonchev–Trinajstić information content (AvgIpc) is 2.40. The molecule has 20 heavy (non-hydrogen) atoms. The third kappa shape index (κ3) is 4.47. The van der Waals surface area contributed by atoms with Crippen LogP contribution in [0.2, 0.25) is 0 Å². The van der Waals surface area contributed by atoms with E-state index in [0.29, 0.717) is 11.3 Å². The highest BCUT2D eigenvalue weighted by atomic mass is 32.2. The van der Waals surface area contributed by atoms with Gasteiger partial charge < -0.3 is 5.32 Å². The Labute approximate surface area is 118 Å².